The Morgan fingerprint density at radius 2 is 1.87 bits per heavy atom. The lowest BCUT2D eigenvalue weighted by Crippen LogP contribution is -2.50. The van der Waals surface area contributed by atoms with Crippen LogP contribution in [0.1, 0.15) is 23.2 Å². The minimum atomic E-state index is -1.34. The lowest BCUT2D eigenvalue weighted by molar-refractivity contribution is -0.136. The lowest BCUT2D eigenvalue weighted by atomic mass is 10.0. The topological polar surface area (TPSA) is 87.7 Å². The van der Waals surface area contributed by atoms with Crippen molar-refractivity contribution in [3.05, 3.63) is 59.4 Å². The Morgan fingerprint density at radius 1 is 1.10 bits per heavy atom. The molecule has 10 heteroatoms. The Hall–Kier alpha value is -3.56. The zero-order chi connectivity index (χ0) is 22.5. The number of carbonyl (C=O) groups is 3. The second-order valence-corrected chi connectivity index (χ2v) is 6.97. The summed E-state index contributed by atoms with van der Waals surface area (Å²) in [5.74, 6) is -6.33. The maximum atomic E-state index is 14.4. The van der Waals surface area contributed by atoms with Gasteiger partial charge in [-0.25, -0.2) is 18.0 Å². The normalized spacial score (nSPS) is 15.9. The third-order valence-electron chi connectivity index (χ3n) is 4.87. The number of amides is 2. The van der Waals surface area contributed by atoms with Crippen LogP contribution >= 0.6 is 0 Å². The maximum absolute atomic E-state index is 14.4. The number of anilines is 2. The number of piperidine rings is 1. The van der Waals surface area contributed by atoms with Crippen molar-refractivity contribution in [2.24, 2.45) is 0 Å². The van der Waals surface area contributed by atoms with Crippen molar-refractivity contribution in [2.75, 3.05) is 30.4 Å². The molecule has 1 heterocycles. The highest BCUT2D eigenvalue weighted by molar-refractivity contribution is 6.39. The molecule has 1 atom stereocenters. The molecule has 1 unspecified atom stereocenters. The summed E-state index contributed by atoms with van der Waals surface area (Å²) in [7, 11) is 0.956. The van der Waals surface area contributed by atoms with Crippen molar-refractivity contribution in [1.29, 1.82) is 0 Å². The van der Waals surface area contributed by atoms with Crippen LogP contribution in [-0.4, -0.2) is 44.0 Å². The first-order valence-corrected chi connectivity index (χ1v) is 9.48. The van der Waals surface area contributed by atoms with Crippen LogP contribution in [0.25, 0.3) is 0 Å². The van der Waals surface area contributed by atoms with Crippen LogP contribution in [0.15, 0.2) is 36.4 Å². The fraction of sp³-hybridized carbons (Fsp3) is 0.286. The Bertz CT molecular complexity index is 1020. The summed E-state index contributed by atoms with van der Waals surface area (Å²) >= 11 is 0. The van der Waals surface area contributed by atoms with Crippen LogP contribution in [0.4, 0.5) is 24.5 Å². The van der Waals surface area contributed by atoms with Crippen molar-refractivity contribution >= 4 is 29.2 Å². The van der Waals surface area contributed by atoms with E-state index in [1.54, 1.807) is 12.1 Å². The van der Waals surface area contributed by atoms with Gasteiger partial charge in [0.05, 0.1) is 12.8 Å². The number of carbonyl (C=O) groups excluding carboxylic acids is 3. The van der Waals surface area contributed by atoms with Crippen LogP contribution in [0.5, 0.6) is 0 Å². The lowest BCUT2D eigenvalue weighted by Gasteiger charge is -2.34. The molecule has 2 N–H and O–H groups in total. The van der Waals surface area contributed by atoms with E-state index in [0.29, 0.717) is 31.6 Å². The third kappa shape index (κ3) is 5.14. The summed E-state index contributed by atoms with van der Waals surface area (Å²) in [4.78, 5) is 37.9. The highest BCUT2D eigenvalue weighted by Crippen LogP contribution is 2.23. The number of halogens is 3. The summed E-state index contributed by atoms with van der Waals surface area (Å²) in [6.07, 6.45) is 1.31. The predicted octanol–water partition coefficient (Wildman–Crippen LogP) is 2.61. The number of esters is 1. The van der Waals surface area contributed by atoms with Crippen molar-refractivity contribution in [3.8, 4) is 0 Å². The van der Waals surface area contributed by atoms with Crippen LogP contribution < -0.4 is 15.5 Å². The zero-order valence-corrected chi connectivity index (χ0v) is 16.6. The van der Waals surface area contributed by atoms with E-state index in [4.69, 9.17) is 0 Å². The Balaban J connectivity index is 1.65. The van der Waals surface area contributed by atoms with Gasteiger partial charge in [0.15, 0.2) is 5.82 Å². The minimum absolute atomic E-state index is 0.361. The van der Waals surface area contributed by atoms with Crippen LogP contribution in [0.3, 0.4) is 0 Å². The molecule has 7 nitrogen and oxygen atoms in total. The molecule has 0 saturated carbocycles. The van der Waals surface area contributed by atoms with E-state index in [0.717, 1.165) is 19.2 Å². The number of nitrogens with one attached hydrogen (secondary N) is 2. The number of hydrogen-bond acceptors (Lipinski definition) is 5. The van der Waals surface area contributed by atoms with Crippen LogP contribution in [-0.2, 0) is 14.3 Å². The van der Waals surface area contributed by atoms with Gasteiger partial charge >= 0.3 is 17.8 Å². The van der Waals surface area contributed by atoms with Crippen molar-refractivity contribution in [1.82, 2.24) is 5.32 Å². The summed E-state index contributed by atoms with van der Waals surface area (Å²) in [5.41, 5.74) is -0.849. The first kappa shape index (κ1) is 22.1. The molecule has 2 aromatic carbocycles. The second kappa shape index (κ2) is 9.50. The first-order chi connectivity index (χ1) is 14.8. The summed E-state index contributed by atoms with van der Waals surface area (Å²) < 4.78 is 45.9. The van der Waals surface area contributed by atoms with Crippen LogP contribution in [0, 0.1) is 17.5 Å². The number of rotatable bonds is 4. The largest absolute Gasteiger partial charge is 0.465 e. The fourth-order valence-corrected chi connectivity index (χ4v) is 3.37. The van der Waals surface area contributed by atoms with Gasteiger partial charge in [-0.3, -0.25) is 9.59 Å². The van der Waals surface area contributed by atoms with Gasteiger partial charge in [0.2, 0.25) is 0 Å². The van der Waals surface area contributed by atoms with Gasteiger partial charge in [-0.1, -0.05) is 6.07 Å². The summed E-state index contributed by atoms with van der Waals surface area (Å²) in [6.45, 7) is 1.03. The molecule has 1 aliphatic rings. The van der Waals surface area contributed by atoms with Crippen molar-refractivity contribution in [2.45, 2.75) is 18.9 Å². The van der Waals surface area contributed by atoms with E-state index in [2.05, 4.69) is 10.1 Å². The number of ether oxygens (including phenoxy) is 1. The second-order valence-electron chi connectivity index (χ2n) is 6.97. The van der Waals surface area contributed by atoms with Crippen molar-refractivity contribution in [3.63, 3.8) is 0 Å². The van der Waals surface area contributed by atoms with E-state index < -0.39 is 40.7 Å². The standard InChI is InChI=1S/C21H20F3N3O4/c1-31-21(30)17-15(23)7-8-16(18(17)24)26-20(29)19(28)25-13-5-3-9-27(11-13)14-6-2-4-12(22)10-14/h2,4,6-8,10,13H,3,5,9,11H2,1H3,(H,25,28)(H,26,29). The van der Waals surface area contributed by atoms with E-state index in [1.807, 2.05) is 10.2 Å². The highest BCUT2D eigenvalue weighted by Gasteiger charge is 2.27. The molecule has 0 spiro atoms. The molecule has 164 valence electrons. The fourth-order valence-electron chi connectivity index (χ4n) is 3.37. The van der Waals surface area contributed by atoms with Gasteiger partial charge in [-0.05, 0) is 43.2 Å². The number of nitrogens with zero attached hydrogens (tertiary/aromatic N) is 1. The third-order valence-corrected chi connectivity index (χ3v) is 4.87. The monoisotopic (exact) mass is 435 g/mol. The molecule has 0 radical (unpaired) electrons. The summed E-state index contributed by atoms with van der Waals surface area (Å²) in [6, 6.07) is 7.33. The molecule has 1 saturated heterocycles. The Morgan fingerprint density at radius 3 is 2.58 bits per heavy atom. The zero-order valence-electron chi connectivity index (χ0n) is 16.6. The summed E-state index contributed by atoms with van der Waals surface area (Å²) in [5, 5.41) is 4.59. The number of hydrogen-bond donors (Lipinski definition) is 2. The molecule has 1 aliphatic heterocycles. The SMILES string of the molecule is COC(=O)c1c(F)ccc(NC(=O)C(=O)NC2CCCN(c3cccc(F)c3)C2)c1F. The molecule has 3 rings (SSSR count). The average molecular weight is 435 g/mol. The van der Waals surface area contributed by atoms with E-state index in [9.17, 15) is 27.6 Å². The number of benzene rings is 2. The molecule has 0 aromatic heterocycles. The van der Waals surface area contributed by atoms with Gasteiger partial charge in [-0.2, -0.15) is 0 Å². The molecular formula is C21H20F3N3O4. The molecule has 1 fully saturated rings. The highest BCUT2D eigenvalue weighted by atomic mass is 19.1. The minimum Gasteiger partial charge on any atom is -0.465 e. The predicted molar refractivity (Wildman–Crippen MR) is 106 cm³/mol. The van der Waals surface area contributed by atoms with E-state index >= 15 is 0 Å². The van der Waals surface area contributed by atoms with E-state index in [-0.39, 0.29) is 11.9 Å². The molecule has 2 amide bonds. The maximum Gasteiger partial charge on any atom is 0.343 e. The molecule has 0 aliphatic carbocycles. The molecular weight excluding hydrogens is 415 g/mol. The van der Waals surface area contributed by atoms with Crippen molar-refractivity contribution < 1.29 is 32.3 Å². The smallest absolute Gasteiger partial charge is 0.343 e. The van der Waals surface area contributed by atoms with Crippen LogP contribution in [0.2, 0.25) is 0 Å². The molecule has 31 heavy (non-hydrogen) atoms. The molecule has 2 aromatic rings. The van der Waals surface area contributed by atoms with E-state index in [1.165, 1.54) is 12.1 Å². The van der Waals surface area contributed by atoms with Gasteiger partial charge in [0, 0.05) is 24.8 Å². The van der Waals surface area contributed by atoms with Gasteiger partial charge in [-0.15, -0.1) is 0 Å². The average Bonchev–Trinajstić information content (AvgIpc) is 2.75. The first-order valence-electron chi connectivity index (χ1n) is 9.48. The number of methoxy groups -OCH3 is 1. The van der Waals surface area contributed by atoms with Gasteiger partial charge in [0.25, 0.3) is 0 Å². The molecule has 0 bridgehead atoms. The quantitative estimate of drug-likeness (QED) is 0.570. The Kier molecular flexibility index (Phi) is 6.78. The Labute approximate surface area is 176 Å². The van der Waals surface area contributed by atoms with Gasteiger partial charge < -0.3 is 20.3 Å². The van der Waals surface area contributed by atoms with Gasteiger partial charge in [0.1, 0.15) is 17.2 Å².